The van der Waals surface area contributed by atoms with Crippen LogP contribution in [-0.2, 0) is 11.3 Å². The molecule has 0 aliphatic heterocycles. The van der Waals surface area contributed by atoms with Crippen LogP contribution in [0, 0.1) is 11.3 Å². The van der Waals surface area contributed by atoms with Gasteiger partial charge < -0.3 is 14.5 Å². The van der Waals surface area contributed by atoms with Gasteiger partial charge in [0.05, 0.1) is 19.4 Å². The average Bonchev–Trinajstić information content (AvgIpc) is 3.10. The number of carbonyl (C=O) groups is 1. The van der Waals surface area contributed by atoms with Crippen molar-refractivity contribution >= 4 is 12.0 Å². The molecule has 0 spiro atoms. The summed E-state index contributed by atoms with van der Waals surface area (Å²) >= 11 is 0. The van der Waals surface area contributed by atoms with Crippen LogP contribution in [0.4, 0.5) is 0 Å². The van der Waals surface area contributed by atoms with Gasteiger partial charge in [-0.15, -0.1) is 0 Å². The van der Waals surface area contributed by atoms with Crippen LogP contribution in [0.5, 0.6) is 5.75 Å². The monoisotopic (exact) mass is 310 g/mol. The van der Waals surface area contributed by atoms with E-state index in [1.54, 1.807) is 18.2 Å². The lowest BCUT2D eigenvalue weighted by Gasteiger charge is -2.05. The first-order chi connectivity index (χ1) is 11.2. The summed E-state index contributed by atoms with van der Waals surface area (Å²) in [5.74, 6) is 0.966. The third-order valence-electron chi connectivity index (χ3n) is 3.03. The minimum absolute atomic E-state index is 0.0405. The van der Waals surface area contributed by atoms with Crippen molar-refractivity contribution in [2.75, 3.05) is 6.61 Å². The molecule has 118 valence electrons. The molecule has 0 radical (unpaired) electrons. The zero-order valence-corrected chi connectivity index (χ0v) is 12.9. The van der Waals surface area contributed by atoms with E-state index in [-0.39, 0.29) is 12.1 Å². The number of carbonyl (C=O) groups excluding carboxylic acids is 1. The maximum atomic E-state index is 12.0. The summed E-state index contributed by atoms with van der Waals surface area (Å²) < 4.78 is 10.6. The molecule has 0 atom stereocenters. The zero-order valence-electron chi connectivity index (χ0n) is 12.9. The topological polar surface area (TPSA) is 75.3 Å². The fraction of sp³-hybridized carbons (Fsp3) is 0.222. The lowest BCUT2D eigenvalue weighted by Crippen LogP contribution is -2.23. The molecule has 2 aromatic rings. The third-order valence-corrected chi connectivity index (χ3v) is 3.03. The van der Waals surface area contributed by atoms with Crippen LogP contribution in [0.25, 0.3) is 6.08 Å². The van der Waals surface area contributed by atoms with Crippen molar-refractivity contribution < 1.29 is 13.9 Å². The Bertz CT molecular complexity index is 695. The number of furan rings is 1. The number of hydrogen-bond acceptors (Lipinski definition) is 4. The number of nitrogens with one attached hydrogen (secondary N) is 1. The van der Waals surface area contributed by atoms with Crippen molar-refractivity contribution in [3.63, 3.8) is 0 Å². The van der Waals surface area contributed by atoms with E-state index in [0.29, 0.717) is 12.4 Å². The number of rotatable bonds is 7. The van der Waals surface area contributed by atoms with E-state index in [0.717, 1.165) is 17.7 Å². The molecule has 0 saturated heterocycles. The van der Waals surface area contributed by atoms with Gasteiger partial charge in [-0.2, -0.15) is 5.26 Å². The van der Waals surface area contributed by atoms with Crippen molar-refractivity contribution in [3.05, 3.63) is 59.6 Å². The van der Waals surface area contributed by atoms with Gasteiger partial charge in [0.25, 0.3) is 5.91 Å². The molecule has 1 amide bonds. The molecule has 0 bridgehead atoms. The van der Waals surface area contributed by atoms with Crippen LogP contribution in [-0.4, -0.2) is 12.5 Å². The van der Waals surface area contributed by atoms with E-state index in [4.69, 9.17) is 14.4 Å². The normalized spacial score (nSPS) is 10.9. The number of ether oxygens (including phenoxy) is 1. The van der Waals surface area contributed by atoms with Crippen molar-refractivity contribution in [1.29, 1.82) is 5.26 Å². The zero-order chi connectivity index (χ0) is 16.5. The predicted molar refractivity (Wildman–Crippen MR) is 86.4 cm³/mol. The molecule has 0 fully saturated rings. The largest absolute Gasteiger partial charge is 0.494 e. The number of nitrogens with zero attached hydrogens (tertiary/aromatic N) is 1. The third kappa shape index (κ3) is 5.04. The summed E-state index contributed by atoms with van der Waals surface area (Å²) in [6, 6.07) is 12.7. The molecular formula is C18H18N2O3. The quantitative estimate of drug-likeness (QED) is 0.629. The Balaban J connectivity index is 1.99. The second-order valence-electron chi connectivity index (χ2n) is 4.85. The minimum Gasteiger partial charge on any atom is -0.494 e. The Morgan fingerprint density at radius 3 is 2.74 bits per heavy atom. The Morgan fingerprint density at radius 1 is 1.35 bits per heavy atom. The summed E-state index contributed by atoms with van der Waals surface area (Å²) in [4.78, 5) is 12.0. The average molecular weight is 310 g/mol. The highest BCUT2D eigenvalue weighted by Gasteiger charge is 2.09. The number of benzene rings is 1. The molecule has 1 heterocycles. The molecule has 0 saturated carbocycles. The summed E-state index contributed by atoms with van der Waals surface area (Å²) in [6.07, 6.45) is 4.02. The van der Waals surface area contributed by atoms with Gasteiger partial charge in [0.15, 0.2) is 0 Å². The van der Waals surface area contributed by atoms with E-state index in [9.17, 15) is 4.79 Å². The van der Waals surface area contributed by atoms with E-state index in [1.165, 1.54) is 6.26 Å². The van der Waals surface area contributed by atoms with Gasteiger partial charge in [-0.05, 0) is 42.3 Å². The molecular weight excluding hydrogens is 292 g/mol. The van der Waals surface area contributed by atoms with Gasteiger partial charge in [0, 0.05) is 0 Å². The van der Waals surface area contributed by atoms with Crippen LogP contribution in [0.3, 0.4) is 0 Å². The molecule has 23 heavy (non-hydrogen) atoms. The lowest BCUT2D eigenvalue weighted by atomic mass is 10.1. The second-order valence-corrected chi connectivity index (χ2v) is 4.85. The van der Waals surface area contributed by atoms with Crippen molar-refractivity contribution in [2.45, 2.75) is 19.9 Å². The SMILES string of the molecule is CCCOc1ccc(C=C(C#N)C(=O)NCc2ccco2)cc1. The Labute approximate surface area is 135 Å². The number of nitriles is 1. The lowest BCUT2D eigenvalue weighted by molar-refractivity contribution is -0.117. The van der Waals surface area contributed by atoms with E-state index in [1.807, 2.05) is 37.3 Å². The van der Waals surface area contributed by atoms with E-state index in [2.05, 4.69) is 5.32 Å². The molecule has 0 aliphatic rings. The highest BCUT2D eigenvalue weighted by molar-refractivity contribution is 6.01. The highest BCUT2D eigenvalue weighted by Crippen LogP contribution is 2.15. The molecule has 2 rings (SSSR count). The summed E-state index contributed by atoms with van der Waals surface area (Å²) in [5.41, 5.74) is 0.803. The summed E-state index contributed by atoms with van der Waals surface area (Å²) in [5, 5.41) is 11.8. The van der Waals surface area contributed by atoms with Crippen LogP contribution in [0.1, 0.15) is 24.7 Å². The summed E-state index contributed by atoms with van der Waals surface area (Å²) in [7, 11) is 0. The van der Waals surface area contributed by atoms with Gasteiger partial charge >= 0.3 is 0 Å². The van der Waals surface area contributed by atoms with Crippen LogP contribution in [0.2, 0.25) is 0 Å². The first-order valence-corrected chi connectivity index (χ1v) is 7.38. The summed E-state index contributed by atoms with van der Waals surface area (Å²) in [6.45, 7) is 2.94. The molecule has 5 heteroatoms. The maximum Gasteiger partial charge on any atom is 0.262 e. The van der Waals surface area contributed by atoms with Crippen LogP contribution >= 0.6 is 0 Å². The highest BCUT2D eigenvalue weighted by atomic mass is 16.5. The van der Waals surface area contributed by atoms with Crippen LogP contribution in [0.15, 0.2) is 52.7 Å². The Morgan fingerprint density at radius 2 is 2.13 bits per heavy atom. The van der Waals surface area contributed by atoms with Gasteiger partial charge in [0.1, 0.15) is 23.2 Å². The molecule has 1 aromatic carbocycles. The van der Waals surface area contributed by atoms with Gasteiger partial charge in [-0.3, -0.25) is 4.79 Å². The van der Waals surface area contributed by atoms with Crippen molar-refractivity contribution in [1.82, 2.24) is 5.32 Å². The number of amides is 1. The van der Waals surface area contributed by atoms with Crippen molar-refractivity contribution in [3.8, 4) is 11.8 Å². The first kappa shape index (κ1) is 16.4. The van der Waals surface area contributed by atoms with Gasteiger partial charge in [-0.25, -0.2) is 0 Å². The second kappa shape index (κ2) is 8.44. The van der Waals surface area contributed by atoms with Crippen LogP contribution < -0.4 is 10.1 Å². The smallest absolute Gasteiger partial charge is 0.262 e. The molecule has 0 aliphatic carbocycles. The first-order valence-electron chi connectivity index (χ1n) is 7.38. The van der Waals surface area contributed by atoms with Gasteiger partial charge in [-0.1, -0.05) is 19.1 Å². The minimum atomic E-state index is -0.435. The molecule has 1 aromatic heterocycles. The van der Waals surface area contributed by atoms with E-state index >= 15 is 0 Å². The molecule has 1 N–H and O–H groups in total. The fourth-order valence-electron chi connectivity index (χ4n) is 1.87. The standard InChI is InChI=1S/C18H18N2O3/c1-2-9-22-16-7-5-14(6-8-16)11-15(12-19)18(21)20-13-17-4-3-10-23-17/h3-8,10-11H,2,9,13H2,1H3,(H,20,21). The molecule has 5 nitrogen and oxygen atoms in total. The predicted octanol–water partition coefficient (Wildman–Crippen LogP) is 3.29. The van der Waals surface area contributed by atoms with Gasteiger partial charge in [0.2, 0.25) is 0 Å². The molecule has 0 unspecified atom stereocenters. The fourth-order valence-corrected chi connectivity index (χ4v) is 1.87. The Kier molecular flexibility index (Phi) is 6.01. The maximum absolute atomic E-state index is 12.0. The number of hydrogen-bond donors (Lipinski definition) is 1. The van der Waals surface area contributed by atoms with Crippen molar-refractivity contribution in [2.24, 2.45) is 0 Å². The Hall–Kier alpha value is -3.00. The van der Waals surface area contributed by atoms with E-state index < -0.39 is 5.91 Å².